The Balaban J connectivity index is 2.49. The first-order valence-corrected chi connectivity index (χ1v) is 7.09. The zero-order valence-corrected chi connectivity index (χ0v) is 12.7. The molecule has 0 fully saturated rings. The lowest BCUT2D eigenvalue weighted by molar-refractivity contribution is 0.102. The van der Waals surface area contributed by atoms with Gasteiger partial charge in [-0.05, 0) is 38.0 Å². The highest BCUT2D eigenvalue weighted by Gasteiger charge is 2.13. The van der Waals surface area contributed by atoms with E-state index in [4.69, 9.17) is 16.3 Å². The van der Waals surface area contributed by atoms with E-state index >= 15 is 0 Å². The molecule has 1 N–H and O–H groups in total. The predicted molar refractivity (Wildman–Crippen MR) is 79.6 cm³/mol. The third-order valence-electron chi connectivity index (χ3n) is 3.24. The Morgan fingerprint density at radius 2 is 2.05 bits per heavy atom. The summed E-state index contributed by atoms with van der Waals surface area (Å²) in [5, 5.41) is 10.8. The second-order valence-electron chi connectivity index (χ2n) is 4.98. The minimum Gasteiger partial charge on any atom is -0.388 e. The molecule has 1 aromatic rings. The van der Waals surface area contributed by atoms with Gasteiger partial charge in [-0.25, -0.2) is 0 Å². The van der Waals surface area contributed by atoms with Gasteiger partial charge in [0.05, 0.1) is 12.7 Å². The van der Waals surface area contributed by atoms with Crippen LogP contribution in [0.4, 0.5) is 0 Å². The van der Waals surface area contributed by atoms with Crippen LogP contribution in [0.2, 0.25) is 5.02 Å². The van der Waals surface area contributed by atoms with Crippen molar-refractivity contribution in [3.8, 4) is 0 Å². The number of hydrogen-bond acceptors (Lipinski definition) is 3. The van der Waals surface area contributed by atoms with Gasteiger partial charge in [0.2, 0.25) is 0 Å². The van der Waals surface area contributed by atoms with Crippen molar-refractivity contribution in [1.82, 2.24) is 4.90 Å². The van der Waals surface area contributed by atoms with Crippen LogP contribution in [-0.4, -0.2) is 42.9 Å². The third-order valence-corrected chi connectivity index (χ3v) is 3.47. The second-order valence-corrected chi connectivity index (χ2v) is 5.42. The normalized spacial score (nSPS) is 13.2. The lowest BCUT2D eigenvalue weighted by Crippen LogP contribution is -2.35. The van der Waals surface area contributed by atoms with Crippen LogP contribution >= 0.6 is 11.6 Å². The zero-order chi connectivity index (χ0) is 14.3. The number of aliphatic hydroxyl groups is 1. The molecule has 0 saturated carbocycles. The van der Waals surface area contributed by atoms with E-state index in [0.29, 0.717) is 24.1 Å². The van der Waals surface area contributed by atoms with Crippen LogP contribution in [0, 0.1) is 0 Å². The monoisotopic (exact) mass is 285 g/mol. The molecule has 0 radical (unpaired) electrons. The van der Waals surface area contributed by atoms with Gasteiger partial charge in [-0.2, -0.15) is 0 Å². The number of halogens is 1. The zero-order valence-electron chi connectivity index (χ0n) is 12.0. The first kappa shape index (κ1) is 16.4. The first-order chi connectivity index (χ1) is 9.04. The molecule has 0 aliphatic carbocycles. The highest BCUT2D eigenvalue weighted by atomic mass is 35.5. The smallest absolute Gasteiger partial charge is 0.0802 e. The maximum absolute atomic E-state index is 10.2. The van der Waals surface area contributed by atoms with Gasteiger partial charge in [-0.1, -0.05) is 23.7 Å². The Hall–Kier alpha value is -0.610. The van der Waals surface area contributed by atoms with E-state index in [0.717, 1.165) is 18.7 Å². The lowest BCUT2D eigenvalue weighted by Gasteiger charge is -2.27. The summed E-state index contributed by atoms with van der Waals surface area (Å²) < 4.78 is 5.11. The van der Waals surface area contributed by atoms with Gasteiger partial charge in [0.15, 0.2) is 0 Å². The molecule has 3 nitrogen and oxygen atoms in total. The maximum Gasteiger partial charge on any atom is 0.0802 e. The van der Waals surface area contributed by atoms with E-state index in [9.17, 15) is 5.11 Å². The molecule has 4 heteroatoms. The van der Waals surface area contributed by atoms with E-state index in [2.05, 4.69) is 18.7 Å². The lowest BCUT2D eigenvalue weighted by atomic mass is 10.1. The highest BCUT2D eigenvalue weighted by Crippen LogP contribution is 2.20. The quantitative estimate of drug-likeness (QED) is 0.797. The molecular formula is C15H24ClNO2. The van der Waals surface area contributed by atoms with Crippen LogP contribution in [0.5, 0.6) is 0 Å². The van der Waals surface area contributed by atoms with Crippen LogP contribution in [0.15, 0.2) is 24.3 Å². The average molecular weight is 286 g/mol. The number of nitrogens with zero attached hydrogens (tertiary/aromatic N) is 1. The molecule has 1 unspecified atom stereocenters. The van der Waals surface area contributed by atoms with Gasteiger partial charge in [0.1, 0.15) is 0 Å². The van der Waals surface area contributed by atoms with E-state index in [1.54, 1.807) is 7.11 Å². The van der Waals surface area contributed by atoms with Gasteiger partial charge < -0.3 is 9.84 Å². The molecule has 0 aliphatic heterocycles. The van der Waals surface area contributed by atoms with Crippen LogP contribution in [0.25, 0.3) is 0 Å². The molecule has 1 rings (SSSR count). The summed E-state index contributed by atoms with van der Waals surface area (Å²) in [5.41, 5.74) is 0.878. The largest absolute Gasteiger partial charge is 0.388 e. The number of rotatable bonds is 8. The van der Waals surface area contributed by atoms with Gasteiger partial charge in [0.25, 0.3) is 0 Å². The molecule has 0 heterocycles. The van der Waals surface area contributed by atoms with Gasteiger partial charge in [0, 0.05) is 31.3 Å². The van der Waals surface area contributed by atoms with Gasteiger partial charge in [-0.15, -0.1) is 0 Å². The van der Waals surface area contributed by atoms with Crippen molar-refractivity contribution in [2.75, 3.05) is 26.8 Å². The Morgan fingerprint density at radius 1 is 1.32 bits per heavy atom. The average Bonchev–Trinajstić information content (AvgIpc) is 2.38. The summed E-state index contributed by atoms with van der Waals surface area (Å²) in [5.74, 6) is 0. The molecule has 0 bridgehead atoms. The molecule has 0 aliphatic rings. The van der Waals surface area contributed by atoms with E-state index in [1.807, 2.05) is 24.3 Å². The topological polar surface area (TPSA) is 32.7 Å². The van der Waals surface area contributed by atoms with E-state index in [-0.39, 0.29) is 0 Å². The van der Waals surface area contributed by atoms with E-state index in [1.165, 1.54) is 0 Å². The molecule has 1 atom stereocenters. The number of ether oxygens (including phenoxy) is 1. The maximum atomic E-state index is 10.2. The molecule has 0 spiro atoms. The van der Waals surface area contributed by atoms with E-state index < -0.39 is 6.10 Å². The van der Waals surface area contributed by atoms with Crippen LogP contribution < -0.4 is 0 Å². The molecule has 0 aromatic heterocycles. The summed E-state index contributed by atoms with van der Waals surface area (Å²) in [7, 11) is 1.71. The Bertz CT molecular complexity index is 371. The molecule has 0 saturated heterocycles. The Labute approximate surface area is 121 Å². The molecule has 1 aromatic carbocycles. The van der Waals surface area contributed by atoms with Crippen molar-refractivity contribution in [3.63, 3.8) is 0 Å². The predicted octanol–water partition coefficient (Wildman–Crippen LogP) is 3.12. The SMILES string of the molecule is COCCN(CCC(O)c1cccc(Cl)c1)C(C)C. The van der Waals surface area contributed by atoms with Crippen LogP contribution in [0.3, 0.4) is 0 Å². The van der Waals surface area contributed by atoms with Crippen molar-refractivity contribution in [1.29, 1.82) is 0 Å². The van der Waals surface area contributed by atoms with Crippen LogP contribution in [0.1, 0.15) is 31.9 Å². The third kappa shape index (κ3) is 5.91. The Morgan fingerprint density at radius 3 is 2.63 bits per heavy atom. The fourth-order valence-electron chi connectivity index (χ4n) is 2.01. The Kier molecular flexibility index (Phi) is 7.39. The van der Waals surface area contributed by atoms with Gasteiger partial charge in [-0.3, -0.25) is 4.90 Å². The van der Waals surface area contributed by atoms with Crippen molar-refractivity contribution in [3.05, 3.63) is 34.9 Å². The van der Waals surface area contributed by atoms with Crippen LogP contribution in [-0.2, 0) is 4.74 Å². The first-order valence-electron chi connectivity index (χ1n) is 6.71. The number of aliphatic hydroxyl groups excluding tert-OH is 1. The summed E-state index contributed by atoms with van der Waals surface area (Å²) in [6, 6.07) is 7.86. The molecule has 0 amide bonds. The number of benzene rings is 1. The summed E-state index contributed by atoms with van der Waals surface area (Å²) >= 11 is 5.93. The molecule has 108 valence electrons. The standard InChI is InChI=1S/C15H24ClNO2/c1-12(2)17(9-10-19-3)8-7-15(18)13-5-4-6-14(16)11-13/h4-6,11-12,15,18H,7-10H2,1-3H3. The number of hydrogen-bond donors (Lipinski definition) is 1. The van der Waals surface area contributed by atoms with Gasteiger partial charge >= 0.3 is 0 Å². The molecular weight excluding hydrogens is 262 g/mol. The van der Waals surface area contributed by atoms with Crippen molar-refractivity contribution >= 4 is 11.6 Å². The summed E-state index contributed by atoms with van der Waals surface area (Å²) in [4.78, 5) is 2.30. The highest BCUT2D eigenvalue weighted by molar-refractivity contribution is 6.30. The fourth-order valence-corrected chi connectivity index (χ4v) is 2.20. The second kappa shape index (κ2) is 8.54. The summed E-state index contributed by atoms with van der Waals surface area (Å²) in [6.07, 6.45) is 0.227. The van der Waals surface area contributed by atoms with Crippen molar-refractivity contribution in [2.24, 2.45) is 0 Å². The minimum absolute atomic E-state index is 0.446. The number of methoxy groups -OCH3 is 1. The molecule has 19 heavy (non-hydrogen) atoms. The minimum atomic E-state index is -0.470. The van der Waals surface area contributed by atoms with Crippen molar-refractivity contribution < 1.29 is 9.84 Å². The summed E-state index contributed by atoms with van der Waals surface area (Å²) in [6.45, 7) is 6.75. The fraction of sp³-hybridized carbons (Fsp3) is 0.600. The van der Waals surface area contributed by atoms with Crippen molar-refractivity contribution in [2.45, 2.75) is 32.4 Å².